The second-order valence-electron chi connectivity index (χ2n) is 4.66. The largest absolute Gasteiger partial charge is 0.497 e. The molecule has 0 bridgehead atoms. The first-order valence-corrected chi connectivity index (χ1v) is 8.32. The highest BCUT2D eigenvalue weighted by Gasteiger charge is 2.21. The SMILES string of the molecule is COCCCNC(=O)[C@@H](C)NS(=O)(=O)c1ccc(OC)cc1. The van der Waals surface area contributed by atoms with Crippen LogP contribution in [0, 0.1) is 0 Å². The van der Waals surface area contributed by atoms with E-state index < -0.39 is 16.1 Å². The van der Waals surface area contributed by atoms with E-state index in [9.17, 15) is 13.2 Å². The quantitative estimate of drug-likeness (QED) is 0.644. The number of benzene rings is 1. The van der Waals surface area contributed by atoms with E-state index in [1.807, 2.05) is 0 Å². The second kappa shape index (κ2) is 8.72. The van der Waals surface area contributed by atoms with Gasteiger partial charge >= 0.3 is 0 Å². The number of carbonyl (C=O) groups is 1. The molecule has 0 fully saturated rings. The molecule has 0 aromatic heterocycles. The number of nitrogens with one attached hydrogen (secondary N) is 2. The molecular weight excluding hydrogens is 308 g/mol. The van der Waals surface area contributed by atoms with Crippen LogP contribution >= 0.6 is 0 Å². The Hall–Kier alpha value is -1.64. The number of carbonyl (C=O) groups excluding carboxylic acids is 1. The fourth-order valence-corrected chi connectivity index (χ4v) is 2.89. The molecule has 0 heterocycles. The topological polar surface area (TPSA) is 93.7 Å². The molecule has 0 unspecified atom stereocenters. The summed E-state index contributed by atoms with van der Waals surface area (Å²) in [4.78, 5) is 11.9. The average molecular weight is 330 g/mol. The standard InChI is InChI=1S/C14H22N2O5S/c1-11(14(17)15-9-4-10-20-2)16-22(18,19)13-7-5-12(21-3)6-8-13/h5-8,11,16H,4,9-10H2,1-3H3,(H,15,17)/t11-/m1/s1. The number of hydrogen-bond donors (Lipinski definition) is 2. The Kier molecular flexibility index (Phi) is 7.30. The van der Waals surface area contributed by atoms with Crippen molar-refractivity contribution in [2.75, 3.05) is 27.4 Å². The minimum Gasteiger partial charge on any atom is -0.497 e. The van der Waals surface area contributed by atoms with Crippen molar-refractivity contribution in [3.63, 3.8) is 0 Å². The molecule has 0 aliphatic rings. The van der Waals surface area contributed by atoms with Crippen LogP contribution in [0.5, 0.6) is 5.75 Å². The number of amides is 1. The Bertz CT molecular complexity index is 571. The van der Waals surface area contributed by atoms with E-state index >= 15 is 0 Å². The van der Waals surface area contributed by atoms with E-state index in [-0.39, 0.29) is 10.8 Å². The fourth-order valence-electron chi connectivity index (χ4n) is 1.69. The zero-order valence-corrected chi connectivity index (χ0v) is 13.8. The highest BCUT2D eigenvalue weighted by atomic mass is 32.2. The molecule has 124 valence electrons. The van der Waals surface area contributed by atoms with E-state index in [1.54, 1.807) is 19.2 Å². The molecule has 1 amide bonds. The van der Waals surface area contributed by atoms with Crippen molar-refractivity contribution in [2.24, 2.45) is 0 Å². The van der Waals surface area contributed by atoms with Gasteiger partial charge in [0.15, 0.2) is 0 Å². The van der Waals surface area contributed by atoms with Gasteiger partial charge in [0.25, 0.3) is 0 Å². The zero-order valence-electron chi connectivity index (χ0n) is 13.0. The van der Waals surface area contributed by atoms with Crippen LogP contribution in [0.3, 0.4) is 0 Å². The first kappa shape index (κ1) is 18.4. The maximum atomic E-state index is 12.2. The van der Waals surface area contributed by atoms with Gasteiger partial charge in [-0.1, -0.05) is 0 Å². The normalized spacial score (nSPS) is 12.7. The molecule has 1 aromatic rings. The van der Waals surface area contributed by atoms with Crippen LogP contribution in [0.4, 0.5) is 0 Å². The molecule has 22 heavy (non-hydrogen) atoms. The van der Waals surface area contributed by atoms with E-state index in [0.29, 0.717) is 25.3 Å². The maximum absolute atomic E-state index is 12.2. The molecule has 0 aliphatic carbocycles. The Balaban J connectivity index is 2.60. The summed E-state index contributed by atoms with van der Waals surface area (Å²) < 4.78 is 36.5. The van der Waals surface area contributed by atoms with E-state index in [1.165, 1.54) is 26.2 Å². The van der Waals surface area contributed by atoms with Crippen LogP contribution in [0.1, 0.15) is 13.3 Å². The Morgan fingerprint density at radius 2 is 1.86 bits per heavy atom. The molecular formula is C14H22N2O5S. The third kappa shape index (κ3) is 5.63. The van der Waals surface area contributed by atoms with Crippen molar-refractivity contribution in [3.05, 3.63) is 24.3 Å². The van der Waals surface area contributed by atoms with Crippen molar-refractivity contribution in [1.82, 2.24) is 10.0 Å². The molecule has 1 atom stereocenters. The van der Waals surface area contributed by atoms with Gasteiger partial charge in [-0.25, -0.2) is 8.42 Å². The molecule has 0 aliphatic heterocycles. The van der Waals surface area contributed by atoms with Gasteiger partial charge in [-0.2, -0.15) is 4.72 Å². The third-order valence-electron chi connectivity index (χ3n) is 2.92. The highest BCUT2D eigenvalue weighted by molar-refractivity contribution is 7.89. The van der Waals surface area contributed by atoms with Gasteiger partial charge < -0.3 is 14.8 Å². The van der Waals surface area contributed by atoms with E-state index in [0.717, 1.165) is 0 Å². The average Bonchev–Trinajstić information content (AvgIpc) is 2.51. The monoisotopic (exact) mass is 330 g/mol. The molecule has 0 saturated heterocycles. The number of ether oxygens (including phenoxy) is 2. The van der Waals surface area contributed by atoms with Gasteiger partial charge in [-0.15, -0.1) is 0 Å². The lowest BCUT2D eigenvalue weighted by Crippen LogP contribution is -2.45. The van der Waals surface area contributed by atoms with Gasteiger partial charge in [0.1, 0.15) is 5.75 Å². The number of rotatable bonds is 9. The van der Waals surface area contributed by atoms with E-state index in [2.05, 4.69) is 10.0 Å². The van der Waals surface area contributed by atoms with Crippen molar-refractivity contribution in [3.8, 4) is 5.75 Å². The van der Waals surface area contributed by atoms with Crippen molar-refractivity contribution in [1.29, 1.82) is 0 Å². The number of methoxy groups -OCH3 is 2. The molecule has 8 heteroatoms. The van der Waals surface area contributed by atoms with Gasteiger partial charge in [-0.05, 0) is 37.6 Å². The summed E-state index contributed by atoms with van der Waals surface area (Å²) >= 11 is 0. The lowest BCUT2D eigenvalue weighted by molar-refractivity contribution is -0.122. The van der Waals surface area contributed by atoms with E-state index in [4.69, 9.17) is 9.47 Å². The predicted octanol–water partition coefficient (Wildman–Crippen LogP) is 0.515. The number of sulfonamides is 1. The smallest absolute Gasteiger partial charge is 0.241 e. The van der Waals surface area contributed by atoms with Crippen LogP contribution < -0.4 is 14.8 Å². The van der Waals surface area contributed by atoms with Gasteiger partial charge in [0, 0.05) is 20.3 Å². The fraction of sp³-hybridized carbons (Fsp3) is 0.500. The third-order valence-corrected chi connectivity index (χ3v) is 4.48. The number of hydrogen-bond acceptors (Lipinski definition) is 5. The molecule has 2 N–H and O–H groups in total. The van der Waals surface area contributed by atoms with Crippen molar-refractivity contribution in [2.45, 2.75) is 24.3 Å². The molecule has 1 aromatic carbocycles. The summed E-state index contributed by atoms with van der Waals surface area (Å²) in [5, 5.41) is 2.64. The van der Waals surface area contributed by atoms with Crippen LogP contribution in [0.2, 0.25) is 0 Å². The maximum Gasteiger partial charge on any atom is 0.241 e. The minimum absolute atomic E-state index is 0.0762. The van der Waals surface area contributed by atoms with Crippen LogP contribution in [-0.2, 0) is 19.6 Å². The molecule has 7 nitrogen and oxygen atoms in total. The Morgan fingerprint density at radius 3 is 2.41 bits per heavy atom. The molecule has 0 saturated carbocycles. The van der Waals surface area contributed by atoms with Crippen LogP contribution in [0.15, 0.2) is 29.2 Å². The first-order valence-electron chi connectivity index (χ1n) is 6.83. The lowest BCUT2D eigenvalue weighted by Gasteiger charge is -2.14. The zero-order chi connectivity index (χ0) is 16.6. The van der Waals surface area contributed by atoms with Gasteiger partial charge in [-0.3, -0.25) is 4.79 Å². The summed E-state index contributed by atoms with van der Waals surface area (Å²) in [6, 6.07) is 5.07. The predicted molar refractivity (Wildman–Crippen MR) is 82.3 cm³/mol. The Labute approximate surface area is 131 Å². The summed E-state index contributed by atoms with van der Waals surface area (Å²) in [7, 11) is -0.681. The van der Waals surface area contributed by atoms with Gasteiger partial charge in [0.05, 0.1) is 18.0 Å². The highest BCUT2D eigenvalue weighted by Crippen LogP contribution is 2.15. The lowest BCUT2D eigenvalue weighted by atomic mass is 10.3. The summed E-state index contributed by atoms with van der Waals surface area (Å²) in [6.07, 6.45) is 0.667. The second-order valence-corrected chi connectivity index (χ2v) is 6.37. The van der Waals surface area contributed by atoms with Crippen LogP contribution in [-0.4, -0.2) is 47.7 Å². The van der Waals surface area contributed by atoms with Crippen LogP contribution in [0.25, 0.3) is 0 Å². The first-order chi connectivity index (χ1) is 10.4. The summed E-state index contributed by atoms with van der Waals surface area (Å²) in [5.74, 6) is 0.177. The van der Waals surface area contributed by atoms with Crippen molar-refractivity contribution < 1.29 is 22.7 Å². The Morgan fingerprint density at radius 1 is 1.23 bits per heavy atom. The molecule has 0 spiro atoms. The minimum atomic E-state index is -3.76. The summed E-state index contributed by atoms with van der Waals surface area (Å²) in [6.45, 7) is 2.46. The molecule has 0 radical (unpaired) electrons. The molecule has 1 rings (SSSR count). The summed E-state index contributed by atoms with van der Waals surface area (Å²) in [5.41, 5.74) is 0. The van der Waals surface area contributed by atoms with Gasteiger partial charge in [0.2, 0.25) is 15.9 Å². The van der Waals surface area contributed by atoms with Crippen molar-refractivity contribution >= 4 is 15.9 Å².